The number of benzene rings is 1. The fraction of sp³-hybridized carbons (Fsp3) is 0.571. The summed E-state index contributed by atoms with van der Waals surface area (Å²) in [5, 5.41) is 0. The number of ether oxygens (including phenoxy) is 3. The second-order valence-electron chi connectivity index (χ2n) is 11.3. The van der Waals surface area contributed by atoms with Crippen molar-refractivity contribution in [1.82, 2.24) is 34.0 Å². The van der Waals surface area contributed by atoms with Crippen molar-refractivity contribution in [2.24, 2.45) is 7.05 Å². The van der Waals surface area contributed by atoms with Gasteiger partial charge in [-0.2, -0.15) is 15.0 Å². The molecule has 3 aliphatic heterocycles. The Balaban J connectivity index is 1.24. The Labute approximate surface area is 244 Å². The van der Waals surface area contributed by atoms with E-state index in [-0.39, 0.29) is 23.7 Å². The zero-order chi connectivity index (χ0) is 29.0. The molecular weight excluding hydrogens is 560 g/mol. The Morgan fingerprint density at radius 3 is 2.50 bits per heavy atom. The van der Waals surface area contributed by atoms with Crippen molar-refractivity contribution >= 4 is 37.9 Å². The summed E-state index contributed by atoms with van der Waals surface area (Å²) >= 11 is 0. The Morgan fingerprint density at radius 2 is 1.76 bits per heavy atom. The molecule has 0 saturated carbocycles. The maximum atomic E-state index is 11.8. The van der Waals surface area contributed by atoms with Crippen molar-refractivity contribution in [3.05, 3.63) is 30.1 Å². The molecule has 7 rings (SSSR count). The fourth-order valence-corrected chi connectivity index (χ4v) is 7.55. The van der Waals surface area contributed by atoms with E-state index in [4.69, 9.17) is 34.1 Å². The maximum Gasteiger partial charge on any atom is 0.298 e. The maximum absolute atomic E-state index is 11.8. The molecule has 0 radical (unpaired) electrons. The molecule has 42 heavy (non-hydrogen) atoms. The highest BCUT2D eigenvalue weighted by Crippen LogP contribution is 2.33. The van der Waals surface area contributed by atoms with E-state index in [0.29, 0.717) is 68.3 Å². The van der Waals surface area contributed by atoms with Crippen LogP contribution in [0.25, 0.3) is 28.1 Å². The Hall–Kier alpha value is -3.33. The summed E-state index contributed by atoms with van der Waals surface area (Å²) in [4.78, 5) is 24.4. The van der Waals surface area contributed by atoms with Gasteiger partial charge in [0.05, 0.1) is 35.8 Å². The fourth-order valence-electron chi connectivity index (χ4n) is 6.08. The lowest BCUT2D eigenvalue weighted by molar-refractivity contribution is -0.0172. The van der Waals surface area contributed by atoms with Crippen molar-refractivity contribution < 1.29 is 22.6 Å². The zero-order valence-electron chi connectivity index (χ0n) is 24.1. The normalized spacial score (nSPS) is 21.2. The number of nitrogens with zero attached hydrogens (tertiary/aromatic N) is 8. The minimum Gasteiger partial charge on any atom is -0.459 e. The molecule has 3 aliphatic rings. The molecule has 13 nitrogen and oxygen atoms in total. The molecule has 1 aromatic carbocycles. The first kappa shape index (κ1) is 27.5. The number of methoxy groups -OCH3 is 1. The number of aryl methyl sites for hydroxylation is 1. The molecule has 0 unspecified atom stereocenters. The van der Waals surface area contributed by atoms with Gasteiger partial charge in [0.25, 0.3) is 6.01 Å². The Morgan fingerprint density at radius 1 is 1.02 bits per heavy atom. The van der Waals surface area contributed by atoms with Gasteiger partial charge in [0, 0.05) is 46.4 Å². The van der Waals surface area contributed by atoms with Crippen LogP contribution in [0.1, 0.15) is 31.7 Å². The largest absolute Gasteiger partial charge is 0.459 e. The van der Waals surface area contributed by atoms with Crippen LogP contribution >= 0.6 is 0 Å². The van der Waals surface area contributed by atoms with Crippen LogP contribution in [0.4, 0.5) is 5.82 Å². The number of fused-ring (bicyclic) bond motifs is 2. The van der Waals surface area contributed by atoms with Gasteiger partial charge < -0.3 is 19.1 Å². The van der Waals surface area contributed by atoms with Gasteiger partial charge in [0.2, 0.25) is 5.95 Å². The molecule has 6 heterocycles. The molecule has 14 heteroatoms. The first-order valence-corrected chi connectivity index (χ1v) is 16.3. The molecule has 3 fully saturated rings. The van der Waals surface area contributed by atoms with Crippen molar-refractivity contribution in [1.29, 1.82) is 0 Å². The summed E-state index contributed by atoms with van der Waals surface area (Å²) in [6, 6.07) is 8.72. The molecule has 3 saturated heterocycles. The van der Waals surface area contributed by atoms with Crippen LogP contribution in [0.15, 0.2) is 24.3 Å². The van der Waals surface area contributed by atoms with E-state index >= 15 is 0 Å². The summed E-state index contributed by atoms with van der Waals surface area (Å²) in [7, 11) is 0.702. The molecular formula is C28H36N8O5S. The number of para-hydroxylation sites is 2. The van der Waals surface area contributed by atoms with Gasteiger partial charge in [0.1, 0.15) is 27.9 Å². The quantitative estimate of drug-likeness (QED) is 0.310. The smallest absolute Gasteiger partial charge is 0.298 e. The molecule has 4 aromatic rings. The van der Waals surface area contributed by atoms with Crippen LogP contribution in [-0.4, -0.2) is 113 Å². The number of imidazole rings is 2. The second kappa shape index (κ2) is 10.7. The Kier molecular flexibility index (Phi) is 7.03. The van der Waals surface area contributed by atoms with Crippen LogP contribution in [0.5, 0.6) is 6.01 Å². The average molecular weight is 597 g/mol. The lowest BCUT2D eigenvalue weighted by Gasteiger charge is -2.44. The van der Waals surface area contributed by atoms with E-state index in [1.54, 1.807) is 7.11 Å². The standard InChI is InChI=1S/C28H36N8O5S/c1-18(39-3)24-29-21-6-4-5-7-22(21)36(24)27-31-25-23(26(32-27)34-10-12-40-13-11-34)30-28(33(25)2)41-20-16-35(17-20)19-8-14-42(37,38)15-9-19/h4-7,18-20H,8-17H2,1-3H3/t18-/m1/s1. The van der Waals surface area contributed by atoms with Gasteiger partial charge in [-0.25, -0.2) is 13.4 Å². The molecule has 0 bridgehead atoms. The van der Waals surface area contributed by atoms with E-state index in [1.165, 1.54) is 0 Å². The molecule has 3 aromatic heterocycles. The van der Waals surface area contributed by atoms with Gasteiger partial charge in [0.15, 0.2) is 17.0 Å². The summed E-state index contributed by atoms with van der Waals surface area (Å²) < 4.78 is 45.2. The van der Waals surface area contributed by atoms with Gasteiger partial charge in [-0.15, -0.1) is 0 Å². The van der Waals surface area contributed by atoms with Crippen molar-refractivity contribution in [2.75, 3.05) is 62.9 Å². The van der Waals surface area contributed by atoms with E-state index < -0.39 is 9.84 Å². The van der Waals surface area contributed by atoms with Gasteiger partial charge in [-0.1, -0.05) is 12.1 Å². The summed E-state index contributed by atoms with van der Waals surface area (Å²) in [6.07, 6.45) is 1.08. The summed E-state index contributed by atoms with van der Waals surface area (Å²) in [5.41, 5.74) is 3.08. The number of anilines is 1. The average Bonchev–Trinajstić information content (AvgIpc) is 3.52. The van der Waals surface area contributed by atoms with Crippen LogP contribution in [0.2, 0.25) is 0 Å². The minimum absolute atomic E-state index is 0.0231. The SMILES string of the molecule is CO[C@H](C)c1nc2ccccc2n1-c1nc(N2CCOCC2)c2nc(OC3CN(C4CCS(=O)(=O)CC4)C3)n(C)c2n1. The third-order valence-electron chi connectivity index (χ3n) is 8.65. The van der Waals surface area contributed by atoms with Crippen molar-refractivity contribution in [3.8, 4) is 12.0 Å². The predicted molar refractivity (Wildman–Crippen MR) is 157 cm³/mol. The predicted octanol–water partition coefficient (Wildman–Crippen LogP) is 1.89. The first-order valence-electron chi connectivity index (χ1n) is 14.5. The lowest BCUT2D eigenvalue weighted by Crippen LogP contribution is -2.59. The summed E-state index contributed by atoms with van der Waals surface area (Å²) in [6.45, 7) is 6.07. The van der Waals surface area contributed by atoms with Crippen molar-refractivity contribution in [2.45, 2.75) is 38.0 Å². The number of morpholine rings is 1. The molecule has 1 atom stereocenters. The number of sulfone groups is 1. The van der Waals surface area contributed by atoms with Crippen LogP contribution in [-0.2, 0) is 26.4 Å². The van der Waals surface area contributed by atoms with Crippen LogP contribution in [0, 0.1) is 0 Å². The molecule has 0 aliphatic carbocycles. The minimum atomic E-state index is -2.88. The molecule has 224 valence electrons. The molecule has 0 amide bonds. The number of rotatable bonds is 7. The highest BCUT2D eigenvalue weighted by Gasteiger charge is 2.37. The van der Waals surface area contributed by atoms with Gasteiger partial charge in [-0.05, 0) is 31.9 Å². The number of hydrogen-bond acceptors (Lipinski definition) is 11. The van der Waals surface area contributed by atoms with E-state index in [1.807, 2.05) is 47.4 Å². The topological polar surface area (TPSA) is 130 Å². The second-order valence-corrected chi connectivity index (χ2v) is 13.6. The highest BCUT2D eigenvalue weighted by atomic mass is 32.2. The Bertz CT molecular complexity index is 1710. The highest BCUT2D eigenvalue weighted by molar-refractivity contribution is 7.91. The third kappa shape index (κ3) is 4.89. The van der Waals surface area contributed by atoms with Gasteiger partial charge >= 0.3 is 0 Å². The molecule has 0 spiro atoms. The van der Waals surface area contributed by atoms with E-state index in [2.05, 4.69) is 9.80 Å². The number of likely N-dealkylation sites (tertiary alicyclic amines) is 1. The number of aromatic nitrogens is 6. The molecule has 0 N–H and O–H groups in total. The monoisotopic (exact) mass is 596 g/mol. The van der Waals surface area contributed by atoms with Crippen molar-refractivity contribution in [3.63, 3.8) is 0 Å². The first-order chi connectivity index (χ1) is 20.3. The van der Waals surface area contributed by atoms with E-state index in [9.17, 15) is 8.42 Å². The van der Waals surface area contributed by atoms with Gasteiger partial charge in [-0.3, -0.25) is 14.0 Å². The third-order valence-corrected chi connectivity index (χ3v) is 10.4. The number of hydrogen-bond donors (Lipinski definition) is 0. The van der Waals surface area contributed by atoms with Crippen LogP contribution in [0.3, 0.4) is 0 Å². The summed E-state index contributed by atoms with van der Waals surface area (Å²) in [5.74, 6) is 2.48. The zero-order valence-corrected chi connectivity index (χ0v) is 25.0. The lowest BCUT2D eigenvalue weighted by atomic mass is 10.0. The van der Waals surface area contributed by atoms with Crippen LogP contribution < -0.4 is 9.64 Å². The van der Waals surface area contributed by atoms with E-state index in [0.717, 1.165) is 35.8 Å².